The molecule has 4 nitrogen and oxygen atoms in total. The van der Waals surface area contributed by atoms with E-state index >= 15 is 0 Å². The molecule has 1 aliphatic rings. The Bertz CT molecular complexity index is 574. The number of alkyl halides is 2. The second kappa shape index (κ2) is 8.25. The first-order valence-electron chi connectivity index (χ1n) is 8.05. The number of ether oxygens (including phenoxy) is 1. The zero-order valence-corrected chi connectivity index (χ0v) is 15.5. The molecule has 1 atom stereocenters. The lowest BCUT2D eigenvalue weighted by Crippen LogP contribution is -2.32. The molecule has 0 saturated heterocycles. The number of amides is 1. The van der Waals surface area contributed by atoms with Crippen LogP contribution in [0.25, 0.3) is 0 Å². The molecule has 0 radical (unpaired) electrons. The Morgan fingerprint density at radius 2 is 2.04 bits per heavy atom. The van der Waals surface area contributed by atoms with E-state index < -0.39 is 5.92 Å². The monoisotopic (exact) mass is 404 g/mol. The molecule has 7 heteroatoms. The molecular formula is C17H23BrF2N2O2. The van der Waals surface area contributed by atoms with Gasteiger partial charge in [-0.15, -0.1) is 0 Å². The summed E-state index contributed by atoms with van der Waals surface area (Å²) in [6.45, 7) is 2.52. The highest BCUT2D eigenvalue weighted by Gasteiger charge is 2.37. The number of carbonyl (C=O) groups is 1. The average Bonchev–Trinajstić information content (AvgIpc) is 2.54. The van der Waals surface area contributed by atoms with E-state index in [1.165, 1.54) is 0 Å². The number of hydrogen-bond donors (Lipinski definition) is 2. The van der Waals surface area contributed by atoms with Crippen LogP contribution in [0.5, 0.6) is 0 Å². The normalized spacial score (nSPS) is 18.9. The molecule has 1 unspecified atom stereocenters. The third-order valence-electron chi connectivity index (χ3n) is 4.31. The Kier molecular flexibility index (Phi) is 6.57. The van der Waals surface area contributed by atoms with Gasteiger partial charge in [-0.05, 0) is 38.0 Å². The fraction of sp³-hybridized carbons (Fsp3) is 0.588. The molecule has 134 valence electrons. The van der Waals surface area contributed by atoms with E-state index in [9.17, 15) is 13.6 Å². The molecule has 0 bridgehead atoms. The highest BCUT2D eigenvalue weighted by atomic mass is 79.9. The van der Waals surface area contributed by atoms with Crippen molar-refractivity contribution in [3.05, 3.63) is 22.7 Å². The summed E-state index contributed by atoms with van der Waals surface area (Å²) in [7, 11) is 1.63. The fourth-order valence-corrected chi connectivity index (χ4v) is 3.01. The van der Waals surface area contributed by atoms with E-state index in [2.05, 4.69) is 26.6 Å². The number of hydrogen-bond acceptors (Lipinski definition) is 3. The molecule has 0 aromatic heterocycles. The molecule has 1 aromatic rings. The van der Waals surface area contributed by atoms with E-state index in [0.29, 0.717) is 12.2 Å². The second-order valence-electron chi connectivity index (χ2n) is 6.24. The van der Waals surface area contributed by atoms with Gasteiger partial charge in [0.2, 0.25) is 11.8 Å². The number of anilines is 2. The first-order chi connectivity index (χ1) is 11.3. The van der Waals surface area contributed by atoms with Crippen molar-refractivity contribution in [1.29, 1.82) is 0 Å². The highest BCUT2D eigenvalue weighted by Crippen LogP contribution is 2.37. The lowest BCUT2D eigenvalue weighted by molar-refractivity contribution is -0.124. The van der Waals surface area contributed by atoms with Crippen LogP contribution >= 0.6 is 15.9 Å². The van der Waals surface area contributed by atoms with Crippen LogP contribution in [0.3, 0.4) is 0 Å². The summed E-state index contributed by atoms with van der Waals surface area (Å²) < 4.78 is 32.5. The van der Waals surface area contributed by atoms with Crippen molar-refractivity contribution in [2.45, 2.75) is 44.6 Å². The smallest absolute Gasteiger partial charge is 0.248 e. The zero-order valence-electron chi connectivity index (χ0n) is 13.9. The fourth-order valence-electron chi connectivity index (χ4n) is 2.65. The summed E-state index contributed by atoms with van der Waals surface area (Å²) in [5.74, 6) is -3.19. The summed E-state index contributed by atoms with van der Waals surface area (Å²) in [6, 6.07) is 5.49. The van der Waals surface area contributed by atoms with Crippen molar-refractivity contribution in [2.75, 3.05) is 24.3 Å². The van der Waals surface area contributed by atoms with Gasteiger partial charge in [0.05, 0.1) is 17.5 Å². The van der Waals surface area contributed by atoms with Crippen LogP contribution in [0.4, 0.5) is 20.2 Å². The summed E-state index contributed by atoms with van der Waals surface area (Å²) >= 11 is 3.41. The second-order valence-corrected chi connectivity index (χ2v) is 7.15. The minimum absolute atomic E-state index is 0.0214. The van der Waals surface area contributed by atoms with E-state index in [4.69, 9.17) is 4.74 Å². The summed E-state index contributed by atoms with van der Waals surface area (Å²) in [5.41, 5.74) is 1.41. The Morgan fingerprint density at radius 3 is 2.67 bits per heavy atom. The van der Waals surface area contributed by atoms with Crippen LogP contribution in [-0.2, 0) is 9.53 Å². The molecule has 24 heavy (non-hydrogen) atoms. The quantitative estimate of drug-likeness (QED) is 0.724. The van der Waals surface area contributed by atoms with Gasteiger partial charge in [0.1, 0.15) is 0 Å². The molecule has 1 fully saturated rings. The molecule has 1 aliphatic carbocycles. The number of carbonyl (C=O) groups excluding carboxylic acids is 1. The summed E-state index contributed by atoms with van der Waals surface area (Å²) in [6.07, 6.45) is 0.0228. The minimum Gasteiger partial charge on any atom is -0.381 e. The summed E-state index contributed by atoms with van der Waals surface area (Å²) in [5, 5.41) is 6.11. The first kappa shape index (κ1) is 19.1. The number of nitrogens with one attached hydrogen (secondary N) is 2. The lowest BCUT2D eigenvalue weighted by atomic mass is 9.86. The van der Waals surface area contributed by atoms with Gasteiger partial charge in [0.25, 0.3) is 0 Å². The average molecular weight is 405 g/mol. The van der Waals surface area contributed by atoms with E-state index in [1.54, 1.807) is 13.2 Å². The van der Waals surface area contributed by atoms with Crippen LogP contribution in [-0.4, -0.2) is 31.6 Å². The topological polar surface area (TPSA) is 50.4 Å². The predicted octanol–water partition coefficient (Wildman–Crippen LogP) is 4.66. The zero-order chi connectivity index (χ0) is 17.7. The molecule has 1 aromatic carbocycles. The molecule has 0 spiro atoms. The number of rotatable bonds is 6. The standard InChI is InChI=1S/C17H23BrF2N2O2/c1-11(24-2)10-21-15-9-13(18)3-4-14(15)22-16(23)12-5-7-17(19,20)8-6-12/h3-4,9,11-12,21H,5-8,10H2,1-2H3,(H,22,23). The summed E-state index contributed by atoms with van der Waals surface area (Å²) in [4.78, 5) is 12.4. The lowest BCUT2D eigenvalue weighted by Gasteiger charge is -2.27. The first-order valence-corrected chi connectivity index (χ1v) is 8.85. The van der Waals surface area contributed by atoms with E-state index in [0.717, 1.165) is 10.2 Å². The maximum absolute atomic E-state index is 13.2. The van der Waals surface area contributed by atoms with Crippen LogP contribution < -0.4 is 10.6 Å². The Hall–Kier alpha value is -1.21. The largest absolute Gasteiger partial charge is 0.381 e. The van der Waals surface area contributed by atoms with Gasteiger partial charge >= 0.3 is 0 Å². The molecule has 2 N–H and O–H groups in total. The van der Waals surface area contributed by atoms with Crippen LogP contribution in [0.2, 0.25) is 0 Å². The van der Waals surface area contributed by atoms with Gasteiger partial charge in [0.15, 0.2) is 0 Å². The molecule has 0 heterocycles. The van der Waals surface area contributed by atoms with Gasteiger partial charge in [-0.2, -0.15) is 0 Å². The Labute approximate surface area is 149 Å². The Balaban J connectivity index is 2.02. The van der Waals surface area contributed by atoms with E-state index in [-0.39, 0.29) is 43.6 Å². The molecule has 0 aliphatic heterocycles. The van der Waals surface area contributed by atoms with Crippen LogP contribution in [0.15, 0.2) is 22.7 Å². The third kappa shape index (κ3) is 5.41. The predicted molar refractivity (Wildman–Crippen MR) is 94.6 cm³/mol. The molecule has 1 saturated carbocycles. The number of halogens is 3. The SMILES string of the molecule is COC(C)CNc1cc(Br)ccc1NC(=O)C1CCC(F)(F)CC1. The van der Waals surface area contributed by atoms with Crippen molar-refractivity contribution in [1.82, 2.24) is 0 Å². The number of benzene rings is 1. The van der Waals surface area contributed by atoms with Crippen molar-refractivity contribution >= 4 is 33.2 Å². The Morgan fingerprint density at radius 1 is 1.38 bits per heavy atom. The van der Waals surface area contributed by atoms with Gasteiger partial charge in [-0.3, -0.25) is 4.79 Å². The third-order valence-corrected chi connectivity index (χ3v) is 4.80. The minimum atomic E-state index is -2.63. The van der Waals surface area contributed by atoms with Crippen molar-refractivity contribution in [2.24, 2.45) is 5.92 Å². The molecule has 2 rings (SSSR count). The van der Waals surface area contributed by atoms with Crippen molar-refractivity contribution < 1.29 is 18.3 Å². The van der Waals surface area contributed by atoms with Crippen LogP contribution in [0, 0.1) is 5.92 Å². The van der Waals surface area contributed by atoms with Gasteiger partial charge in [-0.1, -0.05) is 15.9 Å². The van der Waals surface area contributed by atoms with Gasteiger partial charge in [0, 0.05) is 36.9 Å². The highest BCUT2D eigenvalue weighted by molar-refractivity contribution is 9.10. The van der Waals surface area contributed by atoms with Gasteiger partial charge < -0.3 is 15.4 Å². The van der Waals surface area contributed by atoms with Gasteiger partial charge in [-0.25, -0.2) is 8.78 Å². The van der Waals surface area contributed by atoms with Crippen molar-refractivity contribution in [3.63, 3.8) is 0 Å². The van der Waals surface area contributed by atoms with Crippen LogP contribution in [0.1, 0.15) is 32.6 Å². The van der Waals surface area contributed by atoms with E-state index in [1.807, 2.05) is 19.1 Å². The maximum atomic E-state index is 13.2. The number of methoxy groups -OCH3 is 1. The molecule has 1 amide bonds. The van der Waals surface area contributed by atoms with Crippen molar-refractivity contribution in [3.8, 4) is 0 Å². The maximum Gasteiger partial charge on any atom is 0.248 e. The molecular weight excluding hydrogens is 382 g/mol.